The molecule has 2 aromatic rings. The van der Waals surface area contributed by atoms with E-state index in [1.165, 1.54) is 19.1 Å². The molecule has 0 fully saturated rings. The van der Waals surface area contributed by atoms with Crippen molar-refractivity contribution in [2.45, 2.75) is 6.92 Å². The third kappa shape index (κ3) is 3.49. The van der Waals surface area contributed by atoms with Crippen LogP contribution in [0.25, 0.3) is 0 Å². The first-order valence-corrected chi connectivity index (χ1v) is 7.68. The van der Waals surface area contributed by atoms with Crippen molar-refractivity contribution in [2.75, 3.05) is 5.32 Å². The molecule has 0 saturated carbocycles. The molecule has 126 valence electrons. The molecule has 0 aromatic heterocycles. The van der Waals surface area contributed by atoms with Crippen LogP contribution >= 0.6 is 46.4 Å². The predicted octanol–water partition coefficient (Wildman–Crippen LogP) is 6.17. The zero-order chi connectivity index (χ0) is 18.2. The van der Waals surface area contributed by atoms with Gasteiger partial charge in [0.1, 0.15) is 10.7 Å². The maximum atomic E-state index is 11.3. The molecule has 0 amide bonds. The van der Waals surface area contributed by atoms with Crippen LogP contribution in [-0.2, 0) is 0 Å². The SMILES string of the molecule is Cc1c(Cl)c([N+](=O)[O-])cc([N+](=O)[O-])c1Nc1c(Cl)cc(Cl)cc1Cl. The summed E-state index contributed by atoms with van der Waals surface area (Å²) >= 11 is 23.9. The largest absolute Gasteiger partial charge is 0.347 e. The van der Waals surface area contributed by atoms with Gasteiger partial charge >= 0.3 is 0 Å². The van der Waals surface area contributed by atoms with Crippen LogP contribution in [0.2, 0.25) is 20.1 Å². The molecule has 0 heterocycles. The first-order chi connectivity index (χ1) is 11.1. The quantitative estimate of drug-likeness (QED) is 0.480. The van der Waals surface area contributed by atoms with Crippen LogP contribution in [0.3, 0.4) is 0 Å². The van der Waals surface area contributed by atoms with Gasteiger partial charge in [0.05, 0.1) is 31.6 Å². The first kappa shape index (κ1) is 18.5. The highest BCUT2D eigenvalue weighted by molar-refractivity contribution is 6.42. The van der Waals surface area contributed by atoms with Crippen LogP contribution in [0.5, 0.6) is 0 Å². The second kappa shape index (κ2) is 6.98. The van der Waals surface area contributed by atoms with Crippen molar-refractivity contribution < 1.29 is 9.85 Å². The zero-order valence-electron chi connectivity index (χ0n) is 11.8. The maximum absolute atomic E-state index is 11.3. The highest BCUT2D eigenvalue weighted by atomic mass is 35.5. The van der Waals surface area contributed by atoms with Gasteiger partial charge in [-0.2, -0.15) is 0 Å². The van der Waals surface area contributed by atoms with Crippen LogP contribution in [0.4, 0.5) is 22.7 Å². The fraction of sp³-hybridized carbons (Fsp3) is 0.0769. The molecular weight excluding hydrogens is 404 g/mol. The summed E-state index contributed by atoms with van der Waals surface area (Å²) in [5.74, 6) is 0. The number of nitrogens with one attached hydrogen (secondary N) is 1. The Morgan fingerprint density at radius 1 is 0.875 bits per heavy atom. The van der Waals surface area contributed by atoms with E-state index in [-0.39, 0.29) is 37.0 Å². The van der Waals surface area contributed by atoms with E-state index in [1.54, 1.807) is 0 Å². The Bertz CT molecular complexity index is 850. The van der Waals surface area contributed by atoms with Crippen molar-refractivity contribution >= 4 is 69.2 Å². The zero-order valence-corrected chi connectivity index (χ0v) is 14.8. The van der Waals surface area contributed by atoms with E-state index in [2.05, 4.69) is 5.32 Å². The summed E-state index contributed by atoms with van der Waals surface area (Å²) in [6, 6.07) is 3.56. The number of anilines is 2. The topological polar surface area (TPSA) is 98.3 Å². The molecule has 24 heavy (non-hydrogen) atoms. The van der Waals surface area contributed by atoms with E-state index >= 15 is 0 Å². The summed E-state index contributed by atoms with van der Waals surface area (Å²) in [6.45, 7) is 1.41. The minimum atomic E-state index is -0.797. The van der Waals surface area contributed by atoms with Gasteiger partial charge in [0.2, 0.25) is 0 Å². The maximum Gasteiger partial charge on any atom is 0.299 e. The molecule has 7 nitrogen and oxygen atoms in total. The van der Waals surface area contributed by atoms with Crippen molar-refractivity contribution in [3.8, 4) is 0 Å². The minimum absolute atomic E-state index is 0.0540. The molecule has 1 N–H and O–H groups in total. The number of rotatable bonds is 4. The standard InChI is InChI=1S/C13H7Cl4N3O4/c1-5-11(17)9(19(21)22)4-10(20(23)24)12(5)18-13-7(15)2-6(14)3-8(13)16/h2-4,18H,1H3. The van der Waals surface area contributed by atoms with Crippen molar-refractivity contribution in [1.82, 2.24) is 0 Å². The molecule has 0 unspecified atom stereocenters. The van der Waals surface area contributed by atoms with Crippen LogP contribution in [0.1, 0.15) is 5.56 Å². The lowest BCUT2D eigenvalue weighted by molar-refractivity contribution is -0.393. The van der Waals surface area contributed by atoms with Gasteiger partial charge in [-0.15, -0.1) is 0 Å². The normalized spacial score (nSPS) is 10.5. The summed E-state index contributed by atoms with van der Waals surface area (Å²) in [4.78, 5) is 20.7. The fourth-order valence-corrected chi connectivity index (χ4v) is 3.11. The smallest absolute Gasteiger partial charge is 0.299 e. The van der Waals surface area contributed by atoms with E-state index < -0.39 is 21.2 Å². The average molecular weight is 411 g/mol. The average Bonchev–Trinajstić information content (AvgIpc) is 2.46. The molecule has 0 radical (unpaired) electrons. The van der Waals surface area contributed by atoms with Crippen molar-refractivity contribution in [2.24, 2.45) is 0 Å². The summed E-state index contributed by atoms with van der Waals surface area (Å²) in [5.41, 5.74) is -0.884. The van der Waals surface area contributed by atoms with Gasteiger partial charge in [-0.05, 0) is 19.1 Å². The monoisotopic (exact) mass is 409 g/mol. The van der Waals surface area contributed by atoms with Crippen LogP contribution < -0.4 is 5.32 Å². The van der Waals surface area contributed by atoms with Gasteiger partial charge in [0.25, 0.3) is 11.4 Å². The fourth-order valence-electron chi connectivity index (χ4n) is 1.98. The Hall–Kier alpha value is -1.80. The number of nitrogens with zero attached hydrogens (tertiary/aromatic N) is 2. The van der Waals surface area contributed by atoms with E-state index in [9.17, 15) is 20.2 Å². The molecule has 0 aliphatic carbocycles. The summed E-state index contributed by atoms with van der Waals surface area (Å²) in [7, 11) is 0. The lowest BCUT2D eigenvalue weighted by Gasteiger charge is -2.14. The van der Waals surface area contributed by atoms with Crippen LogP contribution in [-0.4, -0.2) is 9.85 Å². The highest BCUT2D eigenvalue weighted by Gasteiger charge is 2.28. The van der Waals surface area contributed by atoms with Gasteiger partial charge in [-0.25, -0.2) is 0 Å². The van der Waals surface area contributed by atoms with E-state index in [1.807, 2.05) is 0 Å². The minimum Gasteiger partial charge on any atom is -0.347 e. The number of benzene rings is 2. The van der Waals surface area contributed by atoms with Crippen molar-refractivity contribution in [3.63, 3.8) is 0 Å². The molecule has 2 aromatic carbocycles. The Morgan fingerprint density at radius 3 is 1.83 bits per heavy atom. The lowest BCUT2D eigenvalue weighted by Crippen LogP contribution is -2.03. The van der Waals surface area contributed by atoms with E-state index in [0.717, 1.165) is 6.07 Å². The van der Waals surface area contributed by atoms with Gasteiger partial charge in [-0.3, -0.25) is 20.2 Å². The predicted molar refractivity (Wildman–Crippen MR) is 94.3 cm³/mol. The van der Waals surface area contributed by atoms with Gasteiger partial charge in [0, 0.05) is 10.6 Å². The Balaban J connectivity index is 2.69. The summed E-state index contributed by atoms with van der Waals surface area (Å²) < 4.78 is 0. The lowest BCUT2D eigenvalue weighted by atomic mass is 10.1. The summed E-state index contributed by atoms with van der Waals surface area (Å²) in [6.07, 6.45) is 0. The third-order valence-corrected chi connectivity index (χ3v) is 4.40. The molecule has 0 bridgehead atoms. The van der Waals surface area contributed by atoms with Crippen LogP contribution in [0.15, 0.2) is 18.2 Å². The van der Waals surface area contributed by atoms with E-state index in [0.29, 0.717) is 0 Å². The number of hydrogen-bond donors (Lipinski definition) is 1. The Morgan fingerprint density at radius 2 is 1.38 bits per heavy atom. The Labute approximate surface area is 155 Å². The number of nitro groups is 2. The first-order valence-electron chi connectivity index (χ1n) is 6.17. The summed E-state index contributed by atoms with van der Waals surface area (Å²) in [5, 5.41) is 25.3. The van der Waals surface area contributed by atoms with Crippen molar-refractivity contribution in [1.29, 1.82) is 0 Å². The van der Waals surface area contributed by atoms with Crippen molar-refractivity contribution in [3.05, 3.63) is 64.1 Å². The third-order valence-electron chi connectivity index (χ3n) is 3.11. The molecule has 2 rings (SSSR count). The highest BCUT2D eigenvalue weighted by Crippen LogP contribution is 2.44. The molecule has 0 saturated heterocycles. The van der Waals surface area contributed by atoms with Gasteiger partial charge in [-0.1, -0.05) is 46.4 Å². The van der Waals surface area contributed by atoms with Crippen LogP contribution in [0, 0.1) is 27.2 Å². The second-order valence-electron chi connectivity index (χ2n) is 4.61. The van der Waals surface area contributed by atoms with Gasteiger partial charge < -0.3 is 5.32 Å². The van der Waals surface area contributed by atoms with Gasteiger partial charge in [0.15, 0.2) is 0 Å². The molecule has 0 aliphatic heterocycles. The number of hydrogen-bond acceptors (Lipinski definition) is 5. The number of nitro benzene ring substituents is 2. The molecular formula is C13H7Cl4N3O4. The molecule has 0 atom stereocenters. The molecule has 0 spiro atoms. The number of halogens is 4. The van der Waals surface area contributed by atoms with E-state index in [4.69, 9.17) is 46.4 Å². The Kier molecular flexibility index (Phi) is 5.39. The molecule has 0 aliphatic rings. The second-order valence-corrected chi connectivity index (χ2v) is 6.24. The molecule has 11 heteroatoms.